The summed E-state index contributed by atoms with van der Waals surface area (Å²) < 4.78 is 4.74. The van der Waals surface area contributed by atoms with Gasteiger partial charge in [-0.2, -0.15) is 0 Å². The molecule has 0 aliphatic carbocycles. The molecule has 4 heteroatoms. The van der Waals surface area contributed by atoms with Gasteiger partial charge in [0.25, 0.3) is 0 Å². The van der Waals surface area contributed by atoms with Gasteiger partial charge < -0.3 is 9.84 Å². The molecule has 2 rings (SSSR count). The van der Waals surface area contributed by atoms with Crippen molar-refractivity contribution in [3.63, 3.8) is 0 Å². The minimum atomic E-state index is -0.544. The van der Waals surface area contributed by atoms with Crippen LogP contribution in [0.15, 0.2) is 73.3 Å². The molecule has 102 valence electrons. The second kappa shape index (κ2) is 11.5. The number of phenolic OH excluding ortho intramolecular Hbond substituents is 1. The second-order valence-electron chi connectivity index (χ2n) is 3.56. The van der Waals surface area contributed by atoms with Crippen molar-refractivity contribution < 1.29 is 14.6 Å². The molecule has 0 saturated heterocycles. The molecule has 0 atom stereocenters. The molecular weight excluding hydrogens is 280 g/mol. The van der Waals surface area contributed by atoms with Gasteiger partial charge in [0.1, 0.15) is 17.9 Å². The van der Waals surface area contributed by atoms with E-state index in [2.05, 4.69) is 6.58 Å². The van der Waals surface area contributed by atoms with E-state index in [0.29, 0.717) is 0 Å². The molecular formula is C16H18CaO3. The molecule has 0 aliphatic heterocycles. The summed E-state index contributed by atoms with van der Waals surface area (Å²) in [5.41, 5.74) is 0.171. The minimum Gasteiger partial charge on any atom is -0.0623 e. The number of carbonyl (C=O) groups is 1. The normalized spacial score (nSPS) is 8.40. The minimum absolute atomic E-state index is 0. The fraction of sp³-hybridized carbons (Fsp3) is 0.0625. The number of benzene rings is 2. The number of phenols is 1. The van der Waals surface area contributed by atoms with Gasteiger partial charge in [-0.05, 0) is 12.1 Å². The van der Waals surface area contributed by atoms with Gasteiger partial charge in [0.05, 0.1) is 0 Å². The topological polar surface area (TPSA) is 46.5 Å². The van der Waals surface area contributed by atoms with Crippen molar-refractivity contribution in [1.82, 2.24) is 0 Å². The smallest absolute Gasteiger partial charge is 0.0623 e. The van der Waals surface area contributed by atoms with Crippen LogP contribution < -0.4 is 0 Å². The van der Waals surface area contributed by atoms with Crippen LogP contribution in [0.4, 0.5) is 0 Å². The Morgan fingerprint density at radius 2 is 1.55 bits per heavy atom. The SMILES string of the molecule is C=CCOC(=O)c1ccccc1O.[CaH2].c1ccccc1. The van der Waals surface area contributed by atoms with E-state index in [1.807, 2.05) is 36.4 Å². The summed E-state index contributed by atoms with van der Waals surface area (Å²) in [4.78, 5) is 11.2. The summed E-state index contributed by atoms with van der Waals surface area (Å²) in [6, 6.07) is 18.2. The first-order chi connectivity index (χ1) is 9.25. The Labute approximate surface area is 148 Å². The van der Waals surface area contributed by atoms with Crippen LogP contribution in [-0.2, 0) is 4.74 Å². The molecule has 0 bridgehead atoms. The number of para-hydroxylation sites is 1. The molecule has 0 unspecified atom stereocenters. The van der Waals surface area contributed by atoms with Crippen LogP contribution >= 0.6 is 0 Å². The molecule has 0 radical (unpaired) electrons. The average Bonchev–Trinajstić information content (AvgIpc) is 2.48. The van der Waals surface area contributed by atoms with E-state index in [-0.39, 0.29) is 55.7 Å². The molecule has 0 aliphatic rings. The fourth-order valence-corrected chi connectivity index (χ4v) is 1.24. The van der Waals surface area contributed by atoms with Crippen LogP contribution in [0.2, 0.25) is 0 Å². The first-order valence-electron chi connectivity index (χ1n) is 5.81. The first-order valence-corrected chi connectivity index (χ1v) is 5.81. The van der Waals surface area contributed by atoms with E-state index in [9.17, 15) is 9.90 Å². The summed E-state index contributed by atoms with van der Waals surface area (Å²) >= 11 is 0. The molecule has 0 saturated carbocycles. The number of rotatable bonds is 3. The van der Waals surface area contributed by atoms with E-state index in [4.69, 9.17) is 4.74 Å². The second-order valence-corrected chi connectivity index (χ2v) is 3.56. The molecule has 20 heavy (non-hydrogen) atoms. The Bertz CT molecular complexity index is 485. The zero-order valence-electron chi connectivity index (χ0n) is 10.5. The van der Waals surface area contributed by atoms with Crippen LogP contribution in [0.3, 0.4) is 0 Å². The van der Waals surface area contributed by atoms with Crippen molar-refractivity contribution in [2.45, 2.75) is 0 Å². The fourth-order valence-electron chi connectivity index (χ4n) is 1.24. The monoisotopic (exact) mass is 298 g/mol. The number of carbonyl (C=O) groups excluding carboxylic acids is 1. The molecule has 0 spiro atoms. The summed E-state index contributed by atoms with van der Waals surface area (Å²) in [5, 5.41) is 9.25. The van der Waals surface area contributed by atoms with Gasteiger partial charge in [0, 0.05) is 0 Å². The Kier molecular flexibility index (Phi) is 10.8. The average molecular weight is 298 g/mol. The molecule has 2 aromatic carbocycles. The van der Waals surface area contributed by atoms with Crippen LogP contribution in [0.5, 0.6) is 5.75 Å². The van der Waals surface area contributed by atoms with Crippen molar-refractivity contribution in [3.05, 3.63) is 78.9 Å². The van der Waals surface area contributed by atoms with Gasteiger partial charge in [-0.25, -0.2) is 4.79 Å². The van der Waals surface area contributed by atoms with Crippen molar-refractivity contribution >= 4 is 43.7 Å². The molecule has 0 amide bonds. The summed E-state index contributed by atoms with van der Waals surface area (Å²) in [7, 11) is 0. The predicted octanol–water partition coefficient (Wildman–Crippen LogP) is 2.51. The van der Waals surface area contributed by atoms with Crippen molar-refractivity contribution in [2.75, 3.05) is 6.61 Å². The zero-order valence-corrected chi connectivity index (χ0v) is 10.5. The molecule has 0 fully saturated rings. The Morgan fingerprint density at radius 1 is 1.05 bits per heavy atom. The third kappa shape index (κ3) is 7.34. The van der Waals surface area contributed by atoms with Crippen molar-refractivity contribution in [3.8, 4) is 5.75 Å². The third-order valence-corrected chi connectivity index (χ3v) is 2.12. The van der Waals surface area contributed by atoms with Crippen molar-refractivity contribution in [1.29, 1.82) is 0 Å². The Morgan fingerprint density at radius 3 is 2.00 bits per heavy atom. The maximum absolute atomic E-state index is 11.2. The summed E-state index contributed by atoms with van der Waals surface area (Å²) in [5.74, 6) is -0.616. The standard InChI is InChI=1S/C10H10O3.C6H6.Ca.2H/c1-2-7-13-10(12)8-5-3-4-6-9(8)11;1-2-4-6-5-3-1;;;/h2-6,11H,1,7H2;1-6H;;;. The van der Waals surface area contributed by atoms with Gasteiger partial charge in [-0.1, -0.05) is 61.2 Å². The summed E-state index contributed by atoms with van der Waals surface area (Å²) in [6.45, 7) is 3.56. The van der Waals surface area contributed by atoms with Gasteiger partial charge >= 0.3 is 43.7 Å². The number of esters is 1. The number of hydrogen-bond donors (Lipinski definition) is 1. The maximum atomic E-state index is 11.2. The number of aromatic hydroxyl groups is 1. The Balaban J connectivity index is 0.000000434. The number of ether oxygens (including phenoxy) is 1. The molecule has 1 N–H and O–H groups in total. The van der Waals surface area contributed by atoms with Gasteiger partial charge in [-0.3, -0.25) is 0 Å². The molecule has 0 heterocycles. The Hall–Kier alpha value is -1.29. The van der Waals surface area contributed by atoms with Crippen LogP contribution in [0, 0.1) is 0 Å². The third-order valence-electron chi connectivity index (χ3n) is 2.12. The van der Waals surface area contributed by atoms with E-state index < -0.39 is 5.97 Å². The zero-order chi connectivity index (χ0) is 13.9. The van der Waals surface area contributed by atoms with E-state index in [1.165, 1.54) is 18.2 Å². The first kappa shape index (κ1) is 18.7. The van der Waals surface area contributed by atoms with E-state index >= 15 is 0 Å². The molecule has 2 aromatic rings. The van der Waals surface area contributed by atoms with Gasteiger partial charge in [0.15, 0.2) is 0 Å². The quantitative estimate of drug-likeness (QED) is 0.538. The van der Waals surface area contributed by atoms with Crippen LogP contribution in [0.1, 0.15) is 10.4 Å². The van der Waals surface area contributed by atoms with E-state index in [0.717, 1.165) is 0 Å². The van der Waals surface area contributed by atoms with Crippen LogP contribution in [0.25, 0.3) is 0 Å². The maximum Gasteiger partial charge on any atom is -0.0623 e. The largest absolute Gasteiger partial charge is 0.0623 e. The summed E-state index contributed by atoms with van der Waals surface area (Å²) in [6.07, 6.45) is 1.47. The number of hydrogen-bond acceptors (Lipinski definition) is 3. The molecule has 0 aromatic heterocycles. The van der Waals surface area contributed by atoms with Crippen molar-refractivity contribution in [2.24, 2.45) is 0 Å². The van der Waals surface area contributed by atoms with Gasteiger partial charge in [-0.15, -0.1) is 0 Å². The predicted molar refractivity (Wildman–Crippen MR) is 83.6 cm³/mol. The van der Waals surface area contributed by atoms with Crippen LogP contribution in [-0.4, -0.2) is 55.4 Å². The van der Waals surface area contributed by atoms with Gasteiger partial charge in [0.2, 0.25) is 0 Å². The van der Waals surface area contributed by atoms with E-state index in [1.54, 1.807) is 12.1 Å². The molecule has 3 nitrogen and oxygen atoms in total.